The van der Waals surface area contributed by atoms with Crippen LogP contribution in [0, 0.1) is 17.0 Å². The quantitative estimate of drug-likeness (QED) is 0.298. The van der Waals surface area contributed by atoms with E-state index in [1.807, 2.05) is 0 Å². The standard InChI is InChI=1S/C21H17BrN4O5/c1-12-10-15(6-7-17(12)26(29)30)20(27)25-24-13(2)14-4-3-5-16(11-14)23-21(28)18-8-9-19(22)31-18/h3-11H,1-2H3,(H,23,28)(H,25,27)/b24-13+. The van der Waals surface area contributed by atoms with Gasteiger partial charge in [0.05, 0.1) is 10.6 Å². The average molecular weight is 485 g/mol. The second-order valence-electron chi connectivity index (χ2n) is 6.54. The summed E-state index contributed by atoms with van der Waals surface area (Å²) in [6.07, 6.45) is 0. The molecule has 0 fully saturated rings. The predicted molar refractivity (Wildman–Crippen MR) is 118 cm³/mol. The zero-order valence-electron chi connectivity index (χ0n) is 16.5. The molecule has 0 saturated heterocycles. The molecule has 2 N–H and O–H groups in total. The van der Waals surface area contributed by atoms with Gasteiger partial charge in [0, 0.05) is 22.9 Å². The maximum Gasteiger partial charge on any atom is 0.291 e. The molecular formula is C21H17BrN4O5. The van der Waals surface area contributed by atoms with Crippen LogP contribution in [-0.4, -0.2) is 22.4 Å². The summed E-state index contributed by atoms with van der Waals surface area (Å²) in [4.78, 5) is 34.9. The molecule has 3 rings (SSSR count). The Kier molecular flexibility index (Phi) is 6.61. The van der Waals surface area contributed by atoms with Crippen LogP contribution < -0.4 is 10.7 Å². The number of nitrogens with zero attached hydrogens (tertiary/aromatic N) is 2. The number of hydrogen-bond donors (Lipinski definition) is 2. The maximum atomic E-state index is 12.3. The number of carbonyl (C=O) groups is 2. The highest BCUT2D eigenvalue weighted by molar-refractivity contribution is 9.10. The highest BCUT2D eigenvalue weighted by atomic mass is 79.9. The summed E-state index contributed by atoms with van der Waals surface area (Å²) >= 11 is 3.15. The number of carbonyl (C=O) groups excluding carboxylic acids is 2. The topological polar surface area (TPSA) is 127 Å². The van der Waals surface area contributed by atoms with Crippen molar-refractivity contribution >= 4 is 44.8 Å². The summed E-state index contributed by atoms with van der Waals surface area (Å²) < 4.78 is 5.68. The van der Waals surface area contributed by atoms with Gasteiger partial charge in [-0.2, -0.15) is 5.10 Å². The van der Waals surface area contributed by atoms with E-state index in [1.165, 1.54) is 18.2 Å². The van der Waals surface area contributed by atoms with Gasteiger partial charge in [0.1, 0.15) is 0 Å². The Labute approximate surface area is 185 Å². The fourth-order valence-corrected chi connectivity index (χ4v) is 3.02. The molecule has 0 bridgehead atoms. The minimum atomic E-state index is -0.504. The van der Waals surface area contributed by atoms with Crippen LogP contribution in [-0.2, 0) is 0 Å². The number of anilines is 1. The molecule has 2 amide bonds. The summed E-state index contributed by atoms with van der Waals surface area (Å²) in [5.41, 5.74) is 4.72. The zero-order chi connectivity index (χ0) is 22.5. The van der Waals surface area contributed by atoms with E-state index in [0.717, 1.165) is 0 Å². The summed E-state index contributed by atoms with van der Waals surface area (Å²) in [7, 11) is 0. The van der Waals surface area contributed by atoms with Gasteiger partial charge in [-0.25, -0.2) is 5.43 Å². The minimum absolute atomic E-state index is 0.0583. The fourth-order valence-electron chi connectivity index (χ4n) is 2.72. The number of rotatable bonds is 6. The van der Waals surface area contributed by atoms with Crippen molar-refractivity contribution in [2.75, 3.05) is 5.32 Å². The first kappa shape index (κ1) is 21.9. The number of halogens is 1. The van der Waals surface area contributed by atoms with Crippen LogP contribution >= 0.6 is 15.9 Å². The normalized spacial score (nSPS) is 11.1. The summed E-state index contributed by atoms with van der Waals surface area (Å²) in [6, 6.07) is 14.2. The molecule has 2 aromatic carbocycles. The first-order valence-electron chi connectivity index (χ1n) is 9.01. The number of nitro groups is 1. The Bertz CT molecular complexity index is 1200. The lowest BCUT2D eigenvalue weighted by atomic mass is 10.1. The Morgan fingerprint density at radius 2 is 1.84 bits per heavy atom. The molecule has 0 atom stereocenters. The lowest BCUT2D eigenvalue weighted by Crippen LogP contribution is -2.19. The molecule has 10 heteroatoms. The number of benzene rings is 2. The molecule has 0 radical (unpaired) electrons. The molecule has 0 saturated carbocycles. The number of aryl methyl sites for hydroxylation is 1. The fraction of sp³-hybridized carbons (Fsp3) is 0.0952. The zero-order valence-corrected chi connectivity index (χ0v) is 18.1. The van der Waals surface area contributed by atoms with Gasteiger partial charge in [0.25, 0.3) is 17.5 Å². The van der Waals surface area contributed by atoms with E-state index in [0.29, 0.717) is 27.2 Å². The Morgan fingerprint density at radius 3 is 2.48 bits per heavy atom. The highest BCUT2D eigenvalue weighted by Crippen LogP contribution is 2.19. The SMILES string of the molecule is C/C(=N\NC(=O)c1ccc([N+](=O)[O-])c(C)c1)c1cccc(NC(=O)c2ccc(Br)o2)c1. The van der Waals surface area contributed by atoms with E-state index in [1.54, 1.807) is 50.2 Å². The third kappa shape index (κ3) is 5.43. The minimum Gasteiger partial charge on any atom is -0.444 e. The van der Waals surface area contributed by atoms with E-state index in [4.69, 9.17) is 4.42 Å². The van der Waals surface area contributed by atoms with Crippen molar-refractivity contribution in [1.82, 2.24) is 5.43 Å². The molecule has 9 nitrogen and oxygen atoms in total. The van der Waals surface area contributed by atoms with E-state index >= 15 is 0 Å². The molecule has 0 aliphatic heterocycles. The summed E-state index contributed by atoms with van der Waals surface area (Å²) in [5.74, 6) is -0.738. The smallest absolute Gasteiger partial charge is 0.291 e. The van der Waals surface area contributed by atoms with Crippen LogP contribution in [0.4, 0.5) is 11.4 Å². The lowest BCUT2D eigenvalue weighted by Gasteiger charge is -2.07. The maximum absolute atomic E-state index is 12.3. The molecule has 0 unspecified atom stereocenters. The van der Waals surface area contributed by atoms with E-state index in [-0.39, 0.29) is 17.0 Å². The molecule has 0 aliphatic carbocycles. The van der Waals surface area contributed by atoms with E-state index in [2.05, 4.69) is 31.8 Å². The Hall–Kier alpha value is -3.79. The van der Waals surface area contributed by atoms with Gasteiger partial charge in [-0.3, -0.25) is 19.7 Å². The molecule has 1 heterocycles. The first-order valence-corrected chi connectivity index (χ1v) is 9.80. The Balaban J connectivity index is 1.69. The van der Waals surface area contributed by atoms with Crippen molar-refractivity contribution in [3.05, 3.63) is 91.8 Å². The van der Waals surface area contributed by atoms with E-state index < -0.39 is 16.7 Å². The largest absolute Gasteiger partial charge is 0.444 e. The van der Waals surface area contributed by atoms with Gasteiger partial charge in [-0.05, 0) is 71.7 Å². The number of furan rings is 1. The first-order chi connectivity index (χ1) is 14.7. The summed E-state index contributed by atoms with van der Waals surface area (Å²) in [5, 5.41) is 17.7. The molecule has 158 valence electrons. The highest BCUT2D eigenvalue weighted by Gasteiger charge is 2.14. The number of nitro benzene ring substituents is 1. The van der Waals surface area contributed by atoms with Gasteiger partial charge in [-0.15, -0.1) is 0 Å². The molecule has 0 aliphatic rings. The summed E-state index contributed by atoms with van der Waals surface area (Å²) in [6.45, 7) is 3.26. The third-order valence-electron chi connectivity index (χ3n) is 4.32. The number of amides is 2. The van der Waals surface area contributed by atoms with Gasteiger partial charge >= 0.3 is 0 Å². The van der Waals surface area contributed by atoms with Crippen molar-refractivity contribution in [1.29, 1.82) is 0 Å². The van der Waals surface area contributed by atoms with Crippen LogP contribution in [0.5, 0.6) is 0 Å². The van der Waals surface area contributed by atoms with Crippen LogP contribution in [0.15, 0.2) is 68.8 Å². The van der Waals surface area contributed by atoms with E-state index in [9.17, 15) is 19.7 Å². The Morgan fingerprint density at radius 1 is 1.06 bits per heavy atom. The van der Waals surface area contributed by atoms with Gasteiger partial charge < -0.3 is 9.73 Å². The molecule has 1 aromatic heterocycles. The average Bonchev–Trinajstić information content (AvgIpc) is 3.18. The second-order valence-corrected chi connectivity index (χ2v) is 7.32. The number of nitrogens with one attached hydrogen (secondary N) is 2. The van der Waals surface area contributed by atoms with Crippen LogP contribution in [0.3, 0.4) is 0 Å². The number of hydrogen-bond acceptors (Lipinski definition) is 6. The lowest BCUT2D eigenvalue weighted by molar-refractivity contribution is -0.385. The number of hydrazone groups is 1. The predicted octanol–water partition coefficient (Wildman–Crippen LogP) is 4.67. The van der Waals surface area contributed by atoms with Crippen LogP contribution in [0.1, 0.15) is 39.0 Å². The van der Waals surface area contributed by atoms with Gasteiger partial charge in [0.2, 0.25) is 0 Å². The van der Waals surface area contributed by atoms with Crippen molar-refractivity contribution in [2.24, 2.45) is 5.10 Å². The van der Waals surface area contributed by atoms with Gasteiger partial charge in [0.15, 0.2) is 10.4 Å². The second kappa shape index (κ2) is 9.35. The molecule has 31 heavy (non-hydrogen) atoms. The van der Waals surface area contributed by atoms with Crippen molar-refractivity contribution in [3.8, 4) is 0 Å². The third-order valence-corrected chi connectivity index (χ3v) is 4.74. The molecule has 0 spiro atoms. The molecular weight excluding hydrogens is 468 g/mol. The van der Waals surface area contributed by atoms with Gasteiger partial charge in [-0.1, -0.05) is 12.1 Å². The van der Waals surface area contributed by atoms with Crippen molar-refractivity contribution in [3.63, 3.8) is 0 Å². The van der Waals surface area contributed by atoms with Crippen molar-refractivity contribution in [2.45, 2.75) is 13.8 Å². The monoisotopic (exact) mass is 484 g/mol. The van der Waals surface area contributed by atoms with Crippen molar-refractivity contribution < 1.29 is 18.9 Å². The molecule has 3 aromatic rings. The van der Waals surface area contributed by atoms with Crippen LogP contribution in [0.25, 0.3) is 0 Å². The van der Waals surface area contributed by atoms with Crippen LogP contribution in [0.2, 0.25) is 0 Å².